The van der Waals surface area contributed by atoms with Crippen molar-refractivity contribution in [2.45, 2.75) is 32.7 Å². The van der Waals surface area contributed by atoms with Crippen LogP contribution >= 0.6 is 23.2 Å². The molecule has 0 aliphatic rings. The molecule has 0 fully saturated rings. The van der Waals surface area contributed by atoms with Gasteiger partial charge in [-0.1, -0.05) is 29.3 Å². The predicted octanol–water partition coefficient (Wildman–Crippen LogP) is 3.45. The van der Waals surface area contributed by atoms with Crippen molar-refractivity contribution in [1.82, 2.24) is 5.32 Å². The number of rotatable bonds is 2. The van der Waals surface area contributed by atoms with Crippen LogP contribution in [-0.4, -0.2) is 11.4 Å². The van der Waals surface area contributed by atoms with E-state index in [0.29, 0.717) is 10.0 Å². The number of carbonyl (C=O) groups excluding carboxylic acids is 1. The highest BCUT2D eigenvalue weighted by Gasteiger charge is 2.14. The maximum Gasteiger partial charge on any atom is 0.224 e. The van der Waals surface area contributed by atoms with Gasteiger partial charge in [-0.05, 0) is 38.5 Å². The monoisotopic (exact) mass is 259 g/mol. The Morgan fingerprint density at radius 1 is 1.31 bits per heavy atom. The van der Waals surface area contributed by atoms with Gasteiger partial charge in [0.2, 0.25) is 5.91 Å². The standard InChI is InChI=1S/C12H15Cl2NO/c1-12(2,3)15-11(16)6-8-4-5-9(13)7-10(8)14/h4-5,7H,6H2,1-3H3,(H,15,16). The smallest absolute Gasteiger partial charge is 0.224 e. The highest BCUT2D eigenvalue weighted by Crippen LogP contribution is 2.21. The summed E-state index contributed by atoms with van der Waals surface area (Å²) >= 11 is 11.8. The average Bonchev–Trinajstić information content (AvgIpc) is 2.06. The fourth-order valence-electron chi connectivity index (χ4n) is 1.30. The maximum atomic E-state index is 11.7. The molecular formula is C12H15Cl2NO. The topological polar surface area (TPSA) is 29.1 Å². The van der Waals surface area contributed by atoms with E-state index in [-0.39, 0.29) is 17.9 Å². The second-order valence-corrected chi connectivity index (χ2v) is 5.55. The Morgan fingerprint density at radius 2 is 1.94 bits per heavy atom. The number of benzene rings is 1. The number of hydrogen-bond donors (Lipinski definition) is 1. The van der Waals surface area contributed by atoms with Crippen molar-refractivity contribution in [3.05, 3.63) is 33.8 Å². The highest BCUT2D eigenvalue weighted by atomic mass is 35.5. The van der Waals surface area contributed by atoms with E-state index in [0.717, 1.165) is 5.56 Å². The Bertz CT molecular complexity index is 396. The van der Waals surface area contributed by atoms with Gasteiger partial charge in [0, 0.05) is 15.6 Å². The molecule has 1 aromatic carbocycles. The van der Waals surface area contributed by atoms with E-state index in [2.05, 4.69) is 5.32 Å². The second-order valence-electron chi connectivity index (χ2n) is 4.71. The van der Waals surface area contributed by atoms with Gasteiger partial charge in [0.25, 0.3) is 0 Å². The molecular weight excluding hydrogens is 245 g/mol. The third-order valence-corrected chi connectivity index (χ3v) is 2.47. The van der Waals surface area contributed by atoms with Gasteiger partial charge < -0.3 is 5.32 Å². The first-order valence-corrected chi connectivity index (χ1v) is 5.78. The van der Waals surface area contributed by atoms with Gasteiger partial charge in [0.1, 0.15) is 0 Å². The van der Waals surface area contributed by atoms with Crippen LogP contribution in [0.5, 0.6) is 0 Å². The lowest BCUT2D eigenvalue weighted by Crippen LogP contribution is -2.41. The molecule has 0 aliphatic heterocycles. The molecule has 1 rings (SSSR count). The van der Waals surface area contributed by atoms with Crippen molar-refractivity contribution in [3.8, 4) is 0 Å². The summed E-state index contributed by atoms with van der Waals surface area (Å²) in [5.74, 6) is -0.0447. The molecule has 2 nitrogen and oxygen atoms in total. The average molecular weight is 260 g/mol. The zero-order valence-corrected chi connectivity index (χ0v) is 11.1. The Balaban J connectivity index is 2.70. The third-order valence-electron chi connectivity index (χ3n) is 1.88. The first kappa shape index (κ1) is 13.3. The number of hydrogen-bond acceptors (Lipinski definition) is 1. The van der Waals surface area contributed by atoms with Gasteiger partial charge in [-0.25, -0.2) is 0 Å². The van der Waals surface area contributed by atoms with Crippen LogP contribution in [0.2, 0.25) is 10.0 Å². The molecule has 4 heteroatoms. The molecule has 1 amide bonds. The van der Waals surface area contributed by atoms with Gasteiger partial charge in [0.05, 0.1) is 6.42 Å². The molecule has 0 aromatic heterocycles. The summed E-state index contributed by atoms with van der Waals surface area (Å²) in [7, 11) is 0. The van der Waals surface area contributed by atoms with Gasteiger partial charge in [-0.2, -0.15) is 0 Å². The summed E-state index contributed by atoms with van der Waals surface area (Å²) in [6.07, 6.45) is 0.271. The minimum absolute atomic E-state index is 0.0447. The summed E-state index contributed by atoms with van der Waals surface area (Å²) in [5, 5.41) is 3.98. The molecule has 0 unspecified atom stereocenters. The summed E-state index contributed by atoms with van der Waals surface area (Å²) in [5.41, 5.74) is 0.559. The van der Waals surface area contributed by atoms with Crippen LogP contribution in [0.3, 0.4) is 0 Å². The van der Waals surface area contributed by atoms with E-state index in [9.17, 15) is 4.79 Å². The van der Waals surface area contributed by atoms with Gasteiger partial charge in [-0.15, -0.1) is 0 Å². The van der Waals surface area contributed by atoms with E-state index in [1.807, 2.05) is 20.8 Å². The van der Waals surface area contributed by atoms with Crippen molar-refractivity contribution in [1.29, 1.82) is 0 Å². The lowest BCUT2D eigenvalue weighted by molar-refractivity contribution is -0.121. The normalized spacial score (nSPS) is 11.3. The zero-order chi connectivity index (χ0) is 12.3. The van der Waals surface area contributed by atoms with Crippen LogP contribution in [0, 0.1) is 0 Å². The maximum absolute atomic E-state index is 11.7. The SMILES string of the molecule is CC(C)(C)NC(=O)Cc1ccc(Cl)cc1Cl. The lowest BCUT2D eigenvalue weighted by Gasteiger charge is -2.20. The lowest BCUT2D eigenvalue weighted by atomic mass is 10.1. The van der Waals surface area contributed by atoms with E-state index in [1.165, 1.54) is 0 Å². The molecule has 16 heavy (non-hydrogen) atoms. The second kappa shape index (κ2) is 5.07. The Labute approximate surface area is 106 Å². The quantitative estimate of drug-likeness (QED) is 0.866. The van der Waals surface area contributed by atoms with Gasteiger partial charge in [-0.3, -0.25) is 4.79 Å². The minimum atomic E-state index is -0.226. The first-order chi connectivity index (χ1) is 7.28. The molecule has 88 valence electrons. The van der Waals surface area contributed by atoms with Crippen molar-refractivity contribution < 1.29 is 4.79 Å². The highest BCUT2D eigenvalue weighted by molar-refractivity contribution is 6.35. The van der Waals surface area contributed by atoms with Crippen molar-refractivity contribution in [3.63, 3.8) is 0 Å². The van der Waals surface area contributed by atoms with E-state index in [1.54, 1.807) is 18.2 Å². The number of nitrogens with one attached hydrogen (secondary N) is 1. The summed E-state index contributed by atoms with van der Waals surface area (Å²) in [6, 6.07) is 5.14. The molecule has 0 spiro atoms. The molecule has 0 atom stereocenters. The molecule has 0 aliphatic carbocycles. The fourth-order valence-corrected chi connectivity index (χ4v) is 1.78. The number of carbonyl (C=O) groups is 1. The zero-order valence-electron chi connectivity index (χ0n) is 9.60. The van der Waals surface area contributed by atoms with Crippen LogP contribution in [0.15, 0.2) is 18.2 Å². The summed E-state index contributed by atoms with van der Waals surface area (Å²) in [4.78, 5) is 11.7. The van der Waals surface area contributed by atoms with E-state index in [4.69, 9.17) is 23.2 Å². The first-order valence-electron chi connectivity index (χ1n) is 5.03. The van der Waals surface area contributed by atoms with Crippen LogP contribution in [-0.2, 0) is 11.2 Å². The van der Waals surface area contributed by atoms with Crippen LogP contribution in [0.1, 0.15) is 26.3 Å². The van der Waals surface area contributed by atoms with E-state index >= 15 is 0 Å². The molecule has 0 saturated carbocycles. The molecule has 0 heterocycles. The Hall–Kier alpha value is -0.730. The third kappa shape index (κ3) is 4.42. The number of halogens is 2. The van der Waals surface area contributed by atoms with Crippen LogP contribution < -0.4 is 5.32 Å². The van der Waals surface area contributed by atoms with Crippen molar-refractivity contribution in [2.24, 2.45) is 0 Å². The molecule has 0 saturated heterocycles. The van der Waals surface area contributed by atoms with Crippen molar-refractivity contribution >= 4 is 29.1 Å². The number of amides is 1. The molecule has 0 bridgehead atoms. The Kier molecular flexibility index (Phi) is 4.22. The Morgan fingerprint density at radius 3 is 2.44 bits per heavy atom. The fraction of sp³-hybridized carbons (Fsp3) is 0.417. The van der Waals surface area contributed by atoms with Gasteiger partial charge in [0.15, 0.2) is 0 Å². The van der Waals surface area contributed by atoms with Crippen molar-refractivity contribution in [2.75, 3.05) is 0 Å². The summed E-state index contributed by atoms with van der Waals surface area (Å²) in [6.45, 7) is 5.82. The van der Waals surface area contributed by atoms with Gasteiger partial charge >= 0.3 is 0 Å². The van der Waals surface area contributed by atoms with Crippen LogP contribution in [0.25, 0.3) is 0 Å². The predicted molar refractivity (Wildman–Crippen MR) is 68.1 cm³/mol. The minimum Gasteiger partial charge on any atom is -0.351 e. The molecule has 0 radical (unpaired) electrons. The molecule has 1 N–H and O–H groups in total. The molecule has 1 aromatic rings. The van der Waals surface area contributed by atoms with E-state index < -0.39 is 0 Å². The van der Waals surface area contributed by atoms with Crippen LogP contribution in [0.4, 0.5) is 0 Å². The summed E-state index contributed by atoms with van der Waals surface area (Å²) < 4.78 is 0. The largest absolute Gasteiger partial charge is 0.351 e.